The Hall–Kier alpha value is -0.320. The monoisotopic (exact) mass is 226 g/mol. The molecule has 0 radical (unpaired) electrons. The van der Waals surface area contributed by atoms with Gasteiger partial charge in [-0.2, -0.15) is 0 Å². The summed E-state index contributed by atoms with van der Waals surface area (Å²) in [6.07, 6.45) is 0.902. The lowest BCUT2D eigenvalue weighted by Crippen LogP contribution is -2.10. The molecule has 1 aromatic heterocycles. The van der Waals surface area contributed by atoms with E-state index in [-0.39, 0.29) is 30.9 Å². The van der Waals surface area contributed by atoms with Crippen LogP contribution in [0.15, 0.2) is 0 Å². The van der Waals surface area contributed by atoms with E-state index in [2.05, 4.69) is 10.3 Å². The minimum Gasteiger partial charge on any atom is -0.323 e. The summed E-state index contributed by atoms with van der Waals surface area (Å²) in [4.78, 5) is 0. The SMILES string of the molecule is CC[C@H](N)c1nnn(C)c1C.Cl.Cl. The molecule has 0 fully saturated rings. The molecule has 0 aliphatic carbocycles. The Balaban J connectivity index is 0. The topological polar surface area (TPSA) is 56.7 Å². The average Bonchev–Trinajstić information content (AvgIpc) is 2.32. The summed E-state index contributed by atoms with van der Waals surface area (Å²) in [6.45, 7) is 4.02. The van der Waals surface area contributed by atoms with E-state index in [9.17, 15) is 0 Å². The highest BCUT2D eigenvalue weighted by molar-refractivity contribution is 5.85. The Morgan fingerprint density at radius 2 is 2.00 bits per heavy atom. The van der Waals surface area contributed by atoms with Gasteiger partial charge in [-0.1, -0.05) is 12.1 Å². The zero-order chi connectivity index (χ0) is 8.43. The lowest BCUT2D eigenvalue weighted by atomic mass is 10.1. The van der Waals surface area contributed by atoms with Gasteiger partial charge < -0.3 is 5.73 Å². The van der Waals surface area contributed by atoms with Gasteiger partial charge in [0.1, 0.15) is 5.69 Å². The van der Waals surface area contributed by atoms with Crippen LogP contribution in [-0.4, -0.2) is 15.0 Å². The number of nitrogens with zero attached hydrogens (tertiary/aromatic N) is 3. The third-order valence-electron chi connectivity index (χ3n) is 1.93. The van der Waals surface area contributed by atoms with E-state index in [1.165, 1.54) is 0 Å². The third-order valence-corrected chi connectivity index (χ3v) is 1.93. The molecule has 1 aromatic rings. The van der Waals surface area contributed by atoms with Crippen molar-refractivity contribution in [3.05, 3.63) is 11.4 Å². The quantitative estimate of drug-likeness (QED) is 0.830. The van der Waals surface area contributed by atoms with Crippen molar-refractivity contribution in [1.29, 1.82) is 0 Å². The molecule has 4 nitrogen and oxygen atoms in total. The number of halogens is 2. The fraction of sp³-hybridized carbons (Fsp3) is 0.714. The molecule has 78 valence electrons. The molecule has 0 unspecified atom stereocenters. The highest BCUT2D eigenvalue weighted by atomic mass is 35.5. The van der Waals surface area contributed by atoms with Crippen molar-refractivity contribution in [3.63, 3.8) is 0 Å². The van der Waals surface area contributed by atoms with Gasteiger partial charge in [0, 0.05) is 7.05 Å². The minimum atomic E-state index is 0. The highest BCUT2D eigenvalue weighted by Gasteiger charge is 2.11. The number of rotatable bonds is 2. The number of aromatic nitrogens is 3. The van der Waals surface area contributed by atoms with Crippen LogP contribution in [-0.2, 0) is 7.05 Å². The molecule has 0 aliphatic rings. The molecule has 0 amide bonds. The zero-order valence-electron chi connectivity index (χ0n) is 8.02. The van der Waals surface area contributed by atoms with E-state index in [0.717, 1.165) is 17.8 Å². The van der Waals surface area contributed by atoms with Crippen LogP contribution in [0.4, 0.5) is 0 Å². The van der Waals surface area contributed by atoms with Crippen molar-refractivity contribution in [2.24, 2.45) is 12.8 Å². The summed E-state index contributed by atoms with van der Waals surface area (Å²) in [5, 5.41) is 7.85. The molecule has 0 bridgehead atoms. The van der Waals surface area contributed by atoms with Crippen LogP contribution in [0.3, 0.4) is 0 Å². The van der Waals surface area contributed by atoms with Crippen molar-refractivity contribution in [3.8, 4) is 0 Å². The molecular formula is C7H16Cl2N4. The first-order valence-electron chi connectivity index (χ1n) is 3.78. The maximum atomic E-state index is 5.79. The summed E-state index contributed by atoms with van der Waals surface area (Å²) in [6, 6.07) is 0.0312. The third kappa shape index (κ3) is 3.14. The molecule has 1 heterocycles. The van der Waals surface area contributed by atoms with Crippen LogP contribution in [0.25, 0.3) is 0 Å². The molecule has 1 atom stereocenters. The fourth-order valence-corrected chi connectivity index (χ4v) is 0.956. The van der Waals surface area contributed by atoms with Crippen molar-refractivity contribution < 1.29 is 0 Å². The smallest absolute Gasteiger partial charge is 0.102 e. The second-order valence-corrected chi connectivity index (χ2v) is 2.70. The largest absolute Gasteiger partial charge is 0.323 e. The van der Waals surface area contributed by atoms with Gasteiger partial charge in [0.2, 0.25) is 0 Å². The molecule has 13 heavy (non-hydrogen) atoms. The molecule has 2 N–H and O–H groups in total. The summed E-state index contributed by atoms with van der Waals surface area (Å²) >= 11 is 0. The molecule has 0 saturated carbocycles. The Morgan fingerprint density at radius 3 is 2.31 bits per heavy atom. The van der Waals surface area contributed by atoms with E-state index in [0.29, 0.717) is 0 Å². The minimum absolute atomic E-state index is 0. The van der Waals surface area contributed by atoms with Crippen LogP contribution in [0, 0.1) is 6.92 Å². The van der Waals surface area contributed by atoms with Crippen LogP contribution >= 0.6 is 24.8 Å². The predicted molar refractivity (Wildman–Crippen MR) is 57.5 cm³/mol. The first kappa shape index (κ1) is 15.2. The Morgan fingerprint density at radius 1 is 1.46 bits per heavy atom. The van der Waals surface area contributed by atoms with Gasteiger partial charge in [0.05, 0.1) is 11.7 Å². The van der Waals surface area contributed by atoms with E-state index >= 15 is 0 Å². The van der Waals surface area contributed by atoms with Gasteiger partial charge in [-0.15, -0.1) is 29.9 Å². The first-order valence-corrected chi connectivity index (χ1v) is 3.78. The summed E-state index contributed by atoms with van der Waals surface area (Å²) in [5.74, 6) is 0. The predicted octanol–water partition coefficient (Wildman–Crippen LogP) is 1.38. The number of hydrogen-bond acceptors (Lipinski definition) is 3. The van der Waals surface area contributed by atoms with E-state index < -0.39 is 0 Å². The van der Waals surface area contributed by atoms with Gasteiger partial charge in [-0.25, -0.2) is 0 Å². The molecule has 0 saturated heterocycles. The second-order valence-electron chi connectivity index (χ2n) is 2.70. The number of hydrogen-bond donors (Lipinski definition) is 1. The maximum absolute atomic E-state index is 5.79. The van der Waals surface area contributed by atoms with Crippen molar-refractivity contribution in [2.45, 2.75) is 26.3 Å². The van der Waals surface area contributed by atoms with Gasteiger partial charge in [-0.3, -0.25) is 4.68 Å². The molecule has 0 aliphatic heterocycles. The molecule has 0 aromatic carbocycles. The fourth-order valence-electron chi connectivity index (χ4n) is 0.956. The summed E-state index contributed by atoms with van der Waals surface area (Å²) < 4.78 is 1.74. The number of nitrogens with two attached hydrogens (primary N) is 1. The van der Waals surface area contributed by atoms with Crippen LogP contribution in [0.5, 0.6) is 0 Å². The Bertz CT molecular complexity index is 249. The normalized spacial score (nSPS) is 11.4. The molecule has 0 spiro atoms. The zero-order valence-corrected chi connectivity index (χ0v) is 9.65. The van der Waals surface area contributed by atoms with Crippen molar-refractivity contribution in [2.75, 3.05) is 0 Å². The number of aryl methyl sites for hydroxylation is 1. The van der Waals surface area contributed by atoms with Gasteiger partial charge in [-0.05, 0) is 13.3 Å². The standard InChI is InChI=1S/C7H14N4.2ClH/c1-4-6(8)7-5(2)11(3)10-9-7;;/h6H,4,8H2,1-3H3;2*1H/t6-;;/m0../s1. The average molecular weight is 227 g/mol. The van der Waals surface area contributed by atoms with Gasteiger partial charge in [0.25, 0.3) is 0 Å². The van der Waals surface area contributed by atoms with E-state index in [1.807, 2.05) is 20.9 Å². The summed E-state index contributed by atoms with van der Waals surface area (Å²) in [7, 11) is 1.87. The molecule has 1 rings (SSSR count). The van der Waals surface area contributed by atoms with Crippen molar-refractivity contribution >= 4 is 24.8 Å². The summed E-state index contributed by atoms with van der Waals surface area (Å²) in [5.41, 5.74) is 7.76. The van der Waals surface area contributed by atoms with Crippen LogP contribution in [0.1, 0.15) is 30.8 Å². The van der Waals surface area contributed by atoms with E-state index in [4.69, 9.17) is 5.73 Å². The van der Waals surface area contributed by atoms with Crippen LogP contribution in [0.2, 0.25) is 0 Å². The maximum Gasteiger partial charge on any atom is 0.102 e. The van der Waals surface area contributed by atoms with Gasteiger partial charge >= 0.3 is 0 Å². The molecule has 6 heteroatoms. The highest BCUT2D eigenvalue weighted by Crippen LogP contribution is 2.13. The van der Waals surface area contributed by atoms with Crippen molar-refractivity contribution in [1.82, 2.24) is 15.0 Å². The molecular weight excluding hydrogens is 211 g/mol. The Labute approximate surface area is 90.7 Å². The lowest BCUT2D eigenvalue weighted by Gasteiger charge is -2.04. The van der Waals surface area contributed by atoms with Crippen LogP contribution < -0.4 is 5.73 Å². The Kier molecular flexibility index (Phi) is 7.21. The lowest BCUT2D eigenvalue weighted by molar-refractivity contribution is 0.666. The van der Waals surface area contributed by atoms with E-state index in [1.54, 1.807) is 4.68 Å². The second kappa shape index (κ2) is 6.18. The van der Waals surface area contributed by atoms with Gasteiger partial charge in [0.15, 0.2) is 0 Å². The first-order chi connectivity index (χ1) is 5.16.